The summed E-state index contributed by atoms with van der Waals surface area (Å²) in [5, 5.41) is 0. The molecular weight excluding hydrogens is 829 g/mol. The average molecular weight is 929 g/mol. The second-order valence-corrected chi connectivity index (χ2v) is 17.7. The molecule has 6 nitrogen and oxygen atoms in total. The van der Waals surface area contributed by atoms with Crippen molar-refractivity contribution in [3.05, 3.63) is 109 Å². The van der Waals surface area contributed by atoms with Crippen molar-refractivity contribution in [2.75, 3.05) is 13.2 Å². The van der Waals surface area contributed by atoms with E-state index in [0.29, 0.717) is 19.3 Å². The first kappa shape index (κ1) is 63.1. The van der Waals surface area contributed by atoms with E-state index in [-0.39, 0.29) is 37.5 Å². The van der Waals surface area contributed by atoms with Crippen molar-refractivity contribution in [2.24, 2.45) is 0 Å². The number of rotatable bonds is 48. The topological polar surface area (TPSA) is 78.9 Å². The number of allylic oxidation sites excluding steroid dienone is 18. The van der Waals surface area contributed by atoms with E-state index in [4.69, 9.17) is 14.2 Å². The third kappa shape index (κ3) is 52.9. The fraction of sp³-hybridized carbons (Fsp3) is 0.656. The highest BCUT2D eigenvalue weighted by atomic mass is 16.6. The Balaban J connectivity index is 4.51. The number of carbonyl (C=O) groups excluding carboxylic acids is 3. The lowest BCUT2D eigenvalue weighted by Crippen LogP contribution is -2.30. The summed E-state index contributed by atoms with van der Waals surface area (Å²) in [5.74, 6) is -0.981. The number of hydrogen-bond donors (Lipinski definition) is 0. The van der Waals surface area contributed by atoms with Crippen LogP contribution in [0.4, 0.5) is 0 Å². The molecule has 0 fully saturated rings. The number of carbonyl (C=O) groups is 3. The lowest BCUT2D eigenvalue weighted by Gasteiger charge is -2.18. The number of esters is 3. The number of hydrogen-bond acceptors (Lipinski definition) is 6. The molecule has 0 aliphatic carbocycles. The van der Waals surface area contributed by atoms with Gasteiger partial charge in [0.2, 0.25) is 0 Å². The molecule has 0 heterocycles. The van der Waals surface area contributed by atoms with Gasteiger partial charge in [0, 0.05) is 19.3 Å². The highest BCUT2D eigenvalue weighted by molar-refractivity contribution is 5.71. The second kappa shape index (κ2) is 54.7. The van der Waals surface area contributed by atoms with Gasteiger partial charge in [0.25, 0.3) is 0 Å². The predicted octanol–water partition coefficient (Wildman–Crippen LogP) is 18.3. The maximum absolute atomic E-state index is 12.8. The van der Waals surface area contributed by atoms with E-state index in [1.807, 2.05) is 0 Å². The fourth-order valence-electron chi connectivity index (χ4n) is 7.22. The summed E-state index contributed by atoms with van der Waals surface area (Å²) < 4.78 is 16.8. The lowest BCUT2D eigenvalue weighted by atomic mass is 10.0. The van der Waals surface area contributed by atoms with Crippen LogP contribution in [0.25, 0.3) is 0 Å². The molecule has 6 heteroatoms. The maximum atomic E-state index is 12.8. The van der Waals surface area contributed by atoms with Crippen molar-refractivity contribution in [3.63, 3.8) is 0 Å². The molecule has 0 aromatic carbocycles. The van der Waals surface area contributed by atoms with Crippen LogP contribution in [0.2, 0.25) is 0 Å². The van der Waals surface area contributed by atoms with Crippen LogP contribution in [0.15, 0.2) is 109 Å². The zero-order chi connectivity index (χ0) is 48.6. The van der Waals surface area contributed by atoms with E-state index in [0.717, 1.165) is 116 Å². The minimum Gasteiger partial charge on any atom is -0.462 e. The zero-order valence-corrected chi connectivity index (χ0v) is 43.4. The van der Waals surface area contributed by atoms with Crippen molar-refractivity contribution in [1.82, 2.24) is 0 Å². The Morgan fingerprint density at radius 1 is 0.313 bits per heavy atom. The highest BCUT2D eigenvalue weighted by Gasteiger charge is 2.19. The molecule has 0 unspecified atom stereocenters. The fourth-order valence-corrected chi connectivity index (χ4v) is 7.22. The zero-order valence-electron chi connectivity index (χ0n) is 43.4. The summed E-state index contributed by atoms with van der Waals surface area (Å²) in [5.41, 5.74) is 0. The van der Waals surface area contributed by atoms with Gasteiger partial charge in [-0.15, -0.1) is 0 Å². The Kier molecular flexibility index (Phi) is 51.5. The summed E-state index contributed by atoms with van der Waals surface area (Å²) >= 11 is 0. The van der Waals surface area contributed by atoms with Gasteiger partial charge >= 0.3 is 17.9 Å². The van der Waals surface area contributed by atoms with Gasteiger partial charge in [0.1, 0.15) is 13.2 Å². The van der Waals surface area contributed by atoms with Gasteiger partial charge in [-0.05, 0) is 103 Å². The molecule has 0 aliphatic rings. The molecular formula is C61H100O6. The van der Waals surface area contributed by atoms with E-state index < -0.39 is 6.10 Å². The molecule has 67 heavy (non-hydrogen) atoms. The van der Waals surface area contributed by atoms with Gasteiger partial charge < -0.3 is 14.2 Å². The second-order valence-electron chi connectivity index (χ2n) is 17.7. The highest BCUT2D eigenvalue weighted by Crippen LogP contribution is 2.15. The van der Waals surface area contributed by atoms with Gasteiger partial charge in [0.15, 0.2) is 6.10 Å². The SMILES string of the molecule is CC/C=C\C/C=C\C/C=C\C/C=C\C/C=C\CCCCCC(=O)OC[C@H](COC(=O)CCCCCCCCCCCCCCCCC)OC(=O)CCCC/C=C\C/C=C\C/C=C\C/C=C\CC. The van der Waals surface area contributed by atoms with E-state index in [1.165, 1.54) is 77.0 Å². The van der Waals surface area contributed by atoms with Crippen molar-refractivity contribution in [2.45, 2.75) is 245 Å². The number of unbranched alkanes of at least 4 members (excludes halogenated alkanes) is 19. The molecule has 1 atom stereocenters. The third-order valence-electron chi connectivity index (χ3n) is 11.3. The van der Waals surface area contributed by atoms with Gasteiger partial charge in [-0.3, -0.25) is 14.4 Å². The molecule has 0 bridgehead atoms. The summed E-state index contributed by atoms with van der Waals surface area (Å²) in [6.07, 6.45) is 73.6. The summed E-state index contributed by atoms with van der Waals surface area (Å²) in [7, 11) is 0. The number of ether oxygens (including phenoxy) is 3. The lowest BCUT2D eigenvalue weighted by molar-refractivity contribution is -0.167. The Morgan fingerprint density at radius 2 is 0.582 bits per heavy atom. The Morgan fingerprint density at radius 3 is 0.940 bits per heavy atom. The van der Waals surface area contributed by atoms with Gasteiger partial charge in [0.05, 0.1) is 0 Å². The van der Waals surface area contributed by atoms with E-state index in [2.05, 4.69) is 130 Å². The van der Waals surface area contributed by atoms with Crippen molar-refractivity contribution >= 4 is 17.9 Å². The van der Waals surface area contributed by atoms with Gasteiger partial charge in [-0.1, -0.05) is 226 Å². The minimum atomic E-state index is -0.814. The molecule has 0 aromatic rings. The molecule has 0 radical (unpaired) electrons. The van der Waals surface area contributed by atoms with Crippen LogP contribution in [0, 0.1) is 0 Å². The summed E-state index contributed by atoms with van der Waals surface area (Å²) in [6.45, 7) is 6.35. The van der Waals surface area contributed by atoms with E-state index in [1.54, 1.807) is 0 Å². The van der Waals surface area contributed by atoms with Crippen LogP contribution in [-0.4, -0.2) is 37.2 Å². The normalized spacial score (nSPS) is 12.9. The van der Waals surface area contributed by atoms with Crippen LogP contribution < -0.4 is 0 Å². The van der Waals surface area contributed by atoms with Crippen LogP contribution in [-0.2, 0) is 28.6 Å². The standard InChI is InChI=1S/C61H100O6/c1-4-7-10-13-16-19-22-25-28-29-30-31-34-36-39-42-45-48-51-54-60(63)66-57-58(67-61(64)55-52-49-46-43-40-37-33-27-24-21-18-15-12-9-6-3)56-65-59(62)53-50-47-44-41-38-35-32-26-23-20-17-14-11-8-5-2/h7,9-10,12,16,18-19,21,25,27-28,30-31,33,36,39-40,43,58H,4-6,8,11,13-15,17,20,22-24,26,29,32,34-35,37-38,41-42,44-57H2,1-3H3/b10-7-,12-9-,19-16-,21-18-,28-25-,31-30-,33-27-,39-36-,43-40-/t58-/m0/s1. The van der Waals surface area contributed by atoms with Gasteiger partial charge in [-0.2, -0.15) is 0 Å². The molecule has 0 spiro atoms. The third-order valence-corrected chi connectivity index (χ3v) is 11.3. The Labute approximate surface area is 412 Å². The van der Waals surface area contributed by atoms with E-state index in [9.17, 15) is 14.4 Å². The summed E-state index contributed by atoms with van der Waals surface area (Å²) in [6, 6.07) is 0. The van der Waals surface area contributed by atoms with Crippen LogP contribution in [0.3, 0.4) is 0 Å². The first-order valence-corrected chi connectivity index (χ1v) is 27.4. The van der Waals surface area contributed by atoms with Crippen molar-refractivity contribution < 1.29 is 28.6 Å². The first-order valence-electron chi connectivity index (χ1n) is 27.4. The quantitative estimate of drug-likeness (QED) is 0.0262. The Hall–Kier alpha value is -3.93. The van der Waals surface area contributed by atoms with Crippen LogP contribution in [0.1, 0.15) is 239 Å². The van der Waals surface area contributed by atoms with E-state index >= 15 is 0 Å². The minimum absolute atomic E-state index is 0.105. The largest absolute Gasteiger partial charge is 0.462 e. The smallest absolute Gasteiger partial charge is 0.306 e. The summed E-state index contributed by atoms with van der Waals surface area (Å²) in [4.78, 5) is 38.1. The van der Waals surface area contributed by atoms with Crippen molar-refractivity contribution in [1.29, 1.82) is 0 Å². The average Bonchev–Trinajstić information content (AvgIpc) is 3.33. The van der Waals surface area contributed by atoms with Gasteiger partial charge in [-0.25, -0.2) is 0 Å². The van der Waals surface area contributed by atoms with Crippen molar-refractivity contribution in [3.8, 4) is 0 Å². The monoisotopic (exact) mass is 929 g/mol. The maximum Gasteiger partial charge on any atom is 0.306 e. The first-order chi connectivity index (χ1) is 33.0. The molecule has 0 aromatic heterocycles. The molecule has 380 valence electrons. The van der Waals surface area contributed by atoms with Crippen LogP contribution in [0.5, 0.6) is 0 Å². The molecule has 0 saturated carbocycles. The molecule has 0 rings (SSSR count). The molecule has 0 amide bonds. The predicted molar refractivity (Wildman–Crippen MR) is 288 cm³/mol. The molecule has 0 N–H and O–H groups in total. The molecule has 0 saturated heterocycles. The van der Waals surface area contributed by atoms with Crippen LogP contribution >= 0.6 is 0 Å². The molecule has 0 aliphatic heterocycles. The Bertz CT molecular complexity index is 1390.